The van der Waals surface area contributed by atoms with Crippen LogP contribution in [0.2, 0.25) is 0 Å². The molecule has 1 aromatic carbocycles. The highest BCUT2D eigenvalue weighted by Gasteiger charge is 2.42. The number of likely N-dealkylation sites (tertiary alicyclic amines) is 1. The highest BCUT2D eigenvalue weighted by Crippen LogP contribution is 2.33. The number of nitrogens with zero attached hydrogens (tertiary/aromatic N) is 2. The maximum atomic E-state index is 13.2. The Morgan fingerprint density at radius 2 is 1.81 bits per heavy atom. The Morgan fingerprint density at radius 3 is 2.64 bits per heavy atom. The molecule has 5 atom stereocenters. The second-order valence-electron chi connectivity index (χ2n) is 14.9. The van der Waals surface area contributed by atoms with Gasteiger partial charge >= 0.3 is 18.0 Å². The number of unbranched alkanes of at least 4 members (excludes halogenated alkanes) is 1. The Hall–Kier alpha value is -4.81. The van der Waals surface area contributed by atoms with E-state index in [-0.39, 0.29) is 98.2 Å². The zero-order valence-corrected chi connectivity index (χ0v) is 34.4. The molecule has 0 radical (unpaired) electrons. The molecule has 324 valence electrons. The molecular formula is C41H57N5O12S. The number of fused-ring (bicyclic) bond motifs is 2. The van der Waals surface area contributed by atoms with Gasteiger partial charge in [0.2, 0.25) is 5.91 Å². The minimum absolute atomic E-state index is 0.0417. The average Bonchev–Trinajstić information content (AvgIpc) is 3.75. The molecule has 0 aromatic heterocycles. The van der Waals surface area contributed by atoms with Crippen molar-refractivity contribution in [2.75, 3.05) is 58.4 Å². The van der Waals surface area contributed by atoms with Crippen molar-refractivity contribution in [3.05, 3.63) is 47.6 Å². The van der Waals surface area contributed by atoms with Gasteiger partial charge in [0.15, 0.2) is 6.61 Å². The summed E-state index contributed by atoms with van der Waals surface area (Å²) in [5.74, 6) is -1.45. The molecule has 4 aliphatic rings. The van der Waals surface area contributed by atoms with Crippen LogP contribution in [0.3, 0.4) is 0 Å². The van der Waals surface area contributed by atoms with E-state index < -0.39 is 29.9 Å². The van der Waals surface area contributed by atoms with Crippen LogP contribution in [0.1, 0.15) is 80.6 Å². The van der Waals surface area contributed by atoms with E-state index in [1.807, 2.05) is 11.8 Å². The summed E-state index contributed by atoms with van der Waals surface area (Å²) in [6.07, 6.45) is 11.8. The number of nitrogens with one attached hydrogen (secondary N) is 3. The fourth-order valence-corrected chi connectivity index (χ4v) is 8.73. The third-order valence-corrected chi connectivity index (χ3v) is 11.7. The first-order chi connectivity index (χ1) is 28.5. The second-order valence-corrected chi connectivity index (χ2v) is 16.2. The molecule has 0 saturated carbocycles. The minimum Gasteiger partial charge on any atom is -0.508 e. The number of phenols is 2. The molecule has 3 fully saturated rings. The van der Waals surface area contributed by atoms with Crippen LogP contribution in [0.4, 0.5) is 4.79 Å². The summed E-state index contributed by atoms with van der Waals surface area (Å²) in [6, 6.07) is 2.66. The van der Waals surface area contributed by atoms with Crippen LogP contribution in [0.15, 0.2) is 41.6 Å². The number of urea groups is 1. The van der Waals surface area contributed by atoms with Crippen molar-refractivity contribution in [3.8, 4) is 11.5 Å². The number of piperidine rings is 1. The normalized spacial score (nSPS) is 25.1. The molecule has 3 saturated heterocycles. The molecule has 4 heterocycles. The topological polar surface area (TPSA) is 224 Å². The van der Waals surface area contributed by atoms with Gasteiger partial charge in [0.25, 0.3) is 5.91 Å². The number of carbonyl (C=O) groups is 5. The SMILES string of the molecule is C[C@@H]1C/C=C/C(OC(=O)COCCOCCNC(=O)CCCC[C@@H]2SC[C@@H]3NC(=O)N[C@@H]32)C/C=C/C(=N\OCC(=O)N2CCCCC2)Cc2cc(O)cc(O)c2C(=O)O1. The summed E-state index contributed by atoms with van der Waals surface area (Å²) in [7, 11) is 0. The fraction of sp³-hybridized carbons (Fsp3) is 0.610. The molecule has 4 amide bonds. The van der Waals surface area contributed by atoms with Gasteiger partial charge in [-0.2, -0.15) is 11.8 Å². The lowest BCUT2D eigenvalue weighted by atomic mass is 9.99. The van der Waals surface area contributed by atoms with E-state index in [2.05, 4.69) is 21.1 Å². The van der Waals surface area contributed by atoms with Gasteiger partial charge in [0.05, 0.1) is 37.6 Å². The van der Waals surface area contributed by atoms with Crippen LogP contribution in [-0.2, 0) is 44.6 Å². The molecule has 5 rings (SSSR count). The predicted molar refractivity (Wildman–Crippen MR) is 218 cm³/mol. The van der Waals surface area contributed by atoms with Crippen LogP contribution >= 0.6 is 11.8 Å². The number of carbonyl (C=O) groups excluding carboxylic acids is 5. The third-order valence-electron chi connectivity index (χ3n) is 10.2. The number of thioether (sulfide) groups is 1. The molecule has 4 aliphatic heterocycles. The zero-order valence-electron chi connectivity index (χ0n) is 33.6. The summed E-state index contributed by atoms with van der Waals surface area (Å²) in [5, 5.41) is 34.2. The van der Waals surface area contributed by atoms with E-state index in [1.165, 1.54) is 6.07 Å². The van der Waals surface area contributed by atoms with E-state index in [1.54, 1.807) is 36.1 Å². The van der Waals surface area contributed by atoms with Gasteiger partial charge in [-0.15, -0.1) is 0 Å². The van der Waals surface area contributed by atoms with Crippen LogP contribution in [-0.4, -0.2) is 139 Å². The Kier molecular flexibility index (Phi) is 18.2. The summed E-state index contributed by atoms with van der Waals surface area (Å²) in [5.41, 5.74) is 0.375. The van der Waals surface area contributed by atoms with Crippen molar-refractivity contribution in [1.29, 1.82) is 0 Å². The van der Waals surface area contributed by atoms with Gasteiger partial charge in [-0.25, -0.2) is 14.4 Å². The van der Waals surface area contributed by atoms with Gasteiger partial charge in [-0.1, -0.05) is 23.7 Å². The molecule has 0 aliphatic carbocycles. The van der Waals surface area contributed by atoms with Gasteiger partial charge < -0.3 is 54.8 Å². The number of phenolic OH excluding ortho intramolecular Hbond substituents is 2. The molecule has 18 heteroatoms. The molecule has 0 spiro atoms. The number of aromatic hydroxyl groups is 2. The minimum atomic E-state index is -0.798. The van der Waals surface area contributed by atoms with Crippen molar-refractivity contribution in [2.45, 2.75) is 101 Å². The van der Waals surface area contributed by atoms with Crippen LogP contribution in [0, 0.1) is 0 Å². The van der Waals surface area contributed by atoms with Gasteiger partial charge in [-0.05, 0) is 62.8 Å². The molecule has 59 heavy (non-hydrogen) atoms. The van der Waals surface area contributed by atoms with E-state index in [4.69, 9.17) is 23.8 Å². The number of esters is 2. The summed E-state index contributed by atoms with van der Waals surface area (Å²) >= 11 is 1.86. The number of cyclic esters (lactones) is 1. The standard InChI is InChI=1S/C41H57N5O12S/c1-27-9-7-11-31(58-37(51)25-55-20-19-54-18-15-42-35(49)14-4-3-13-34-39-32(26-59-34)43-41(53)44-39)12-8-10-29(45-56-24-36(50)46-16-5-2-6-17-46)21-28-22-30(47)23-33(48)38(28)40(52)57-27/h7-8,10-11,22-23,27,31-32,34,39,47-48H,2-6,9,12-21,24-26H2,1H3,(H,42,49)(H2,43,44,53)/b10-8+,11-7+,45-29+/t27-,31?,32+,34+,39+/m1/s1. The molecule has 0 bridgehead atoms. The highest BCUT2D eigenvalue weighted by molar-refractivity contribution is 8.00. The predicted octanol–water partition coefficient (Wildman–Crippen LogP) is 3.26. The zero-order chi connectivity index (χ0) is 42.0. The Labute approximate surface area is 348 Å². The number of allylic oxidation sites excluding steroid dienone is 1. The van der Waals surface area contributed by atoms with Gasteiger partial charge in [-0.3, -0.25) is 9.59 Å². The first kappa shape index (κ1) is 45.3. The number of amides is 4. The van der Waals surface area contributed by atoms with Crippen molar-refractivity contribution >= 4 is 47.3 Å². The Balaban J connectivity index is 1.03. The number of hydrogen-bond donors (Lipinski definition) is 5. The first-order valence-corrected chi connectivity index (χ1v) is 21.5. The van der Waals surface area contributed by atoms with Gasteiger partial charge in [0, 0.05) is 62.4 Å². The number of rotatable bonds is 17. The third kappa shape index (κ3) is 15.1. The van der Waals surface area contributed by atoms with Crippen LogP contribution in [0.25, 0.3) is 0 Å². The number of oxime groups is 1. The lowest BCUT2D eigenvalue weighted by molar-refractivity contribution is -0.152. The van der Waals surface area contributed by atoms with Crippen molar-refractivity contribution in [2.24, 2.45) is 5.16 Å². The van der Waals surface area contributed by atoms with Crippen molar-refractivity contribution in [3.63, 3.8) is 0 Å². The number of benzene rings is 1. The summed E-state index contributed by atoms with van der Waals surface area (Å²) < 4.78 is 22.2. The lowest BCUT2D eigenvalue weighted by Crippen LogP contribution is -2.37. The monoisotopic (exact) mass is 843 g/mol. The molecule has 17 nitrogen and oxygen atoms in total. The quantitative estimate of drug-likeness (QED) is 0.0500. The van der Waals surface area contributed by atoms with Crippen molar-refractivity contribution in [1.82, 2.24) is 20.9 Å². The van der Waals surface area contributed by atoms with Crippen LogP contribution in [0.5, 0.6) is 11.5 Å². The van der Waals surface area contributed by atoms with Crippen molar-refractivity contribution < 1.29 is 58.0 Å². The lowest BCUT2D eigenvalue weighted by Gasteiger charge is -2.26. The summed E-state index contributed by atoms with van der Waals surface area (Å²) in [4.78, 5) is 69.6. The Bertz CT molecular complexity index is 1700. The maximum Gasteiger partial charge on any atom is 0.342 e. The molecular weight excluding hydrogens is 787 g/mol. The van der Waals surface area contributed by atoms with Gasteiger partial charge in [0.1, 0.15) is 35.9 Å². The van der Waals surface area contributed by atoms with E-state index in [0.717, 1.165) is 50.3 Å². The van der Waals surface area contributed by atoms with E-state index in [9.17, 15) is 34.2 Å². The van der Waals surface area contributed by atoms with E-state index in [0.29, 0.717) is 37.9 Å². The largest absolute Gasteiger partial charge is 0.508 e. The fourth-order valence-electron chi connectivity index (χ4n) is 7.19. The maximum absolute atomic E-state index is 13.2. The van der Waals surface area contributed by atoms with E-state index >= 15 is 0 Å². The molecule has 1 aromatic rings. The summed E-state index contributed by atoms with van der Waals surface area (Å²) in [6.45, 7) is 3.38. The number of hydrogen-bond acceptors (Lipinski definition) is 14. The average molecular weight is 844 g/mol. The van der Waals surface area contributed by atoms with Crippen LogP contribution < -0.4 is 16.0 Å². The number of ether oxygens (including phenoxy) is 4. The first-order valence-electron chi connectivity index (χ1n) is 20.4. The highest BCUT2D eigenvalue weighted by atomic mass is 32.2. The second kappa shape index (κ2) is 23.7. The molecule has 5 N–H and O–H groups in total. The molecule has 1 unspecified atom stereocenters. The Morgan fingerprint density at radius 1 is 1.00 bits per heavy atom. The smallest absolute Gasteiger partial charge is 0.342 e.